The summed E-state index contributed by atoms with van der Waals surface area (Å²) in [5.74, 6) is 0.150. The van der Waals surface area contributed by atoms with Crippen LogP contribution < -0.4 is 16.4 Å². The summed E-state index contributed by atoms with van der Waals surface area (Å²) >= 11 is 6.46. The summed E-state index contributed by atoms with van der Waals surface area (Å²) in [6, 6.07) is 12.8. The number of pyridine rings is 1. The van der Waals surface area contributed by atoms with Crippen molar-refractivity contribution in [3.8, 4) is 5.69 Å². The molecule has 0 atom stereocenters. The molecule has 0 bridgehead atoms. The van der Waals surface area contributed by atoms with Crippen LogP contribution in [0.1, 0.15) is 12.5 Å². The van der Waals surface area contributed by atoms with Crippen LogP contribution in [-0.2, 0) is 4.79 Å². The van der Waals surface area contributed by atoms with Crippen LogP contribution in [0.25, 0.3) is 16.6 Å². The van der Waals surface area contributed by atoms with E-state index in [1.807, 2.05) is 24.3 Å². The van der Waals surface area contributed by atoms with Crippen LogP contribution in [0.15, 0.2) is 66.5 Å². The number of nitrogens with one attached hydrogen (secondary N) is 4. The molecule has 0 saturated carbocycles. The van der Waals surface area contributed by atoms with Gasteiger partial charge in [-0.05, 0) is 37.3 Å². The molecule has 4 rings (SSSR count). The predicted molar refractivity (Wildman–Crippen MR) is 137 cm³/mol. The molecule has 0 aliphatic rings. The first-order chi connectivity index (χ1) is 16.5. The first-order valence-corrected chi connectivity index (χ1v) is 10.6. The van der Waals surface area contributed by atoms with Crippen molar-refractivity contribution in [2.24, 2.45) is 0 Å². The van der Waals surface area contributed by atoms with E-state index in [9.17, 15) is 4.79 Å². The minimum absolute atomic E-state index is 0.242. The van der Waals surface area contributed by atoms with Gasteiger partial charge < -0.3 is 27.2 Å². The van der Waals surface area contributed by atoms with Crippen molar-refractivity contribution in [1.29, 1.82) is 10.8 Å². The van der Waals surface area contributed by atoms with E-state index in [1.54, 1.807) is 42.1 Å². The summed E-state index contributed by atoms with van der Waals surface area (Å²) in [5.41, 5.74) is 9.46. The number of nitrogens with zero attached hydrogens (tertiary/aromatic N) is 3. The Kier molecular flexibility index (Phi) is 6.37. The van der Waals surface area contributed by atoms with E-state index in [0.717, 1.165) is 23.3 Å². The Labute approximate surface area is 200 Å². The Hall–Kier alpha value is -4.50. The van der Waals surface area contributed by atoms with Crippen LogP contribution in [-0.4, -0.2) is 33.1 Å². The number of aromatic nitrogens is 3. The van der Waals surface area contributed by atoms with Gasteiger partial charge in [0.15, 0.2) is 5.82 Å². The SMILES string of the molecule is C/C=C(\C=N)C(=O)Nc1cncc(-n2nc(Nc3ccc(N)c(C=N)c3Cl)c3ccccc32)c1. The first-order valence-electron chi connectivity index (χ1n) is 10.2. The molecule has 0 aliphatic heterocycles. The van der Waals surface area contributed by atoms with Gasteiger partial charge in [0.2, 0.25) is 0 Å². The second kappa shape index (κ2) is 9.55. The Bertz CT molecular complexity index is 1460. The zero-order valence-corrected chi connectivity index (χ0v) is 18.9. The fourth-order valence-electron chi connectivity index (χ4n) is 3.43. The molecular formula is C24H21ClN8O. The van der Waals surface area contributed by atoms with Crippen LogP contribution in [0.4, 0.5) is 22.9 Å². The third-order valence-electron chi connectivity index (χ3n) is 5.15. The molecule has 9 nitrogen and oxygen atoms in total. The highest BCUT2D eigenvalue weighted by Crippen LogP contribution is 2.34. The largest absolute Gasteiger partial charge is 0.398 e. The second-order valence-electron chi connectivity index (χ2n) is 7.25. The van der Waals surface area contributed by atoms with E-state index in [-0.39, 0.29) is 5.57 Å². The summed E-state index contributed by atoms with van der Waals surface area (Å²) in [4.78, 5) is 16.6. The number of anilines is 4. The van der Waals surface area contributed by atoms with Crippen LogP contribution in [0.5, 0.6) is 0 Å². The summed E-state index contributed by atoms with van der Waals surface area (Å²) in [6.07, 6.45) is 6.83. The second-order valence-corrected chi connectivity index (χ2v) is 7.63. The minimum atomic E-state index is -0.399. The lowest BCUT2D eigenvalue weighted by Crippen LogP contribution is -2.15. The van der Waals surface area contributed by atoms with E-state index in [0.29, 0.717) is 39.2 Å². The Balaban J connectivity index is 1.75. The normalized spacial score (nSPS) is 11.3. The zero-order valence-electron chi connectivity index (χ0n) is 18.1. The number of benzene rings is 2. The molecule has 0 unspecified atom stereocenters. The van der Waals surface area contributed by atoms with Crippen LogP contribution in [0.3, 0.4) is 0 Å². The van der Waals surface area contributed by atoms with Gasteiger partial charge in [0.1, 0.15) is 0 Å². The molecule has 1 amide bonds. The zero-order chi connectivity index (χ0) is 24.2. The number of halogens is 1. The van der Waals surface area contributed by atoms with Crippen LogP contribution in [0.2, 0.25) is 5.02 Å². The lowest BCUT2D eigenvalue weighted by atomic mass is 10.1. The molecule has 170 valence electrons. The van der Waals surface area contributed by atoms with E-state index in [4.69, 9.17) is 33.3 Å². The fraction of sp³-hybridized carbons (Fsp3) is 0.0417. The van der Waals surface area contributed by atoms with Crippen molar-refractivity contribution in [2.45, 2.75) is 6.92 Å². The Morgan fingerprint density at radius 2 is 1.97 bits per heavy atom. The summed E-state index contributed by atoms with van der Waals surface area (Å²) < 4.78 is 1.70. The number of carbonyl (C=O) groups excluding carboxylic acids is 1. The van der Waals surface area contributed by atoms with E-state index in [2.05, 4.69) is 15.6 Å². The summed E-state index contributed by atoms with van der Waals surface area (Å²) in [6.45, 7) is 1.69. The molecule has 10 heteroatoms. The standard InChI is InChI=1S/C24H21ClN8O/c1-2-14(10-26)24(34)30-15-9-16(13-29-12-15)33-21-6-4-3-5-17(21)23(32-33)31-20-8-7-19(28)18(11-27)22(20)25/h2-13,26-27H,28H2,1H3,(H,30,34)(H,31,32)/b14-2+,26-10?,27-11?. The van der Waals surface area contributed by atoms with Crippen LogP contribution in [0, 0.1) is 10.8 Å². The number of allylic oxidation sites excluding steroid dienone is 1. The fourth-order valence-corrected chi connectivity index (χ4v) is 3.70. The van der Waals surface area contributed by atoms with Gasteiger partial charge in [0.25, 0.3) is 5.91 Å². The monoisotopic (exact) mass is 472 g/mol. The number of amides is 1. The molecule has 34 heavy (non-hydrogen) atoms. The number of para-hydroxylation sites is 1. The number of hydrogen-bond donors (Lipinski definition) is 5. The molecule has 0 fully saturated rings. The lowest BCUT2D eigenvalue weighted by molar-refractivity contribution is -0.112. The smallest absolute Gasteiger partial charge is 0.256 e. The molecule has 0 radical (unpaired) electrons. The highest BCUT2D eigenvalue weighted by molar-refractivity contribution is 6.36. The van der Waals surface area contributed by atoms with Gasteiger partial charge in [0, 0.05) is 29.1 Å². The first kappa shape index (κ1) is 22.7. The van der Waals surface area contributed by atoms with Crippen molar-refractivity contribution >= 4 is 63.7 Å². The maximum absolute atomic E-state index is 12.3. The molecule has 0 spiro atoms. The van der Waals surface area contributed by atoms with Crippen molar-refractivity contribution < 1.29 is 4.79 Å². The quantitative estimate of drug-likeness (QED) is 0.147. The Morgan fingerprint density at radius 3 is 2.71 bits per heavy atom. The number of nitrogens with two attached hydrogens (primary N) is 1. The van der Waals surface area contributed by atoms with Crippen molar-refractivity contribution in [1.82, 2.24) is 14.8 Å². The van der Waals surface area contributed by atoms with Gasteiger partial charge >= 0.3 is 0 Å². The summed E-state index contributed by atoms with van der Waals surface area (Å²) in [7, 11) is 0. The molecular weight excluding hydrogens is 452 g/mol. The van der Waals surface area contributed by atoms with E-state index < -0.39 is 5.91 Å². The highest BCUT2D eigenvalue weighted by Gasteiger charge is 2.16. The lowest BCUT2D eigenvalue weighted by Gasteiger charge is -2.10. The number of hydrogen-bond acceptors (Lipinski definition) is 7. The predicted octanol–water partition coefficient (Wildman–Crippen LogP) is 4.93. The number of nitrogen functional groups attached to an aromatic ring is 1. The molecule has 4 aromatic rings. The van der Waals surface area contributed by atoms with Gasteiger partial charge in [-0.15, -0.1) is 5.10 Å². The molecule has 0 saturated heterocycles. The van der Waals surface area contributed by atoms with Crippen molar-refractivity contribution in [3.63, 3.8) is 0 Å². The van der Waals surface area contributed by atoms with Crippen molar-refractivity contribution in [2.75, 3.05) is 16.4 Å². The average Bonchev–Trinajstić information content (AvgIpc) is 3.21. The minimum Gasteiger partial charge on any atom is -0.398 e. The Morgan fingerprint density at radius 1 is 1.18 bits per heavy atom. The van der Waals surface area contributed by atoms with Crippen molar-refractivity contribution in [3.05, 3.63) is 77.1 Å². The van der Waals surface area contributed by atoms with Gasteiger partial charge in [-0.2, -0.15) is 0 Å². The number of fused-ring (bicyclic) bond motifs is 1. The number of carbonyl (C=O) groups is 1. The third-order valence-corrected chi connectivity index (χ3v) is 5.56. The van der Waals surface area contributed by atoms with E-state index >= 15 is 0 Å². The molecule has 0 aliphatic carbocycles. The highest BCUT2D eigenvalue weighted by atomic mass is 35.5. The molecule has 2 aromatic heterocycles. The topological polar surface area (TPSA) is 146 Å². The van der Waals surface area contributed by atoms with E-state index in [1.165, 1.54) is 6.20 Å². The maximum Gasteiger partial charge on any atom is 0.256 e. The third kappa shape index (κ3) is 4.24. The van der Waals surface area contributed by atoms with Gasteiger partial charge in [0.05, 0.1) is 45.6 Å². The molecule has 2 aromatic carbocycles. The molecule has 2 heterocycles. The van der Waals surface area contributed by atoms with Crippen LogP contribution >= 0.6 is 11.6 Å². The molecule has 6 N–H and O–H groups in total. The number of rotatable bonds is 7. The van der Waals surface area contributed by atoms with Gasteiger partial charge in [-0.3, -0.25) is 9.78 Å². The average molecular weight is 473 g/mol. The maximum atomic E-state index is 12.3. The van der Waals surface area contributed by atoms with Gasteiger partial charge in [-0.1, -0.05) is 29.8 Å². The van der Waals surface area contributed by atoms with Gasteiger partial charge in [-0.25, -0.2) is 4.68 Å². The summed E-state index contributed by atoms with van der Waals surface area (Å²) in [5, 5.41) is 26.8.